The minimum Gasteiger partial charge on any atom is -0.320 e. The molecular formula is C13H21N. The van der Waals surface area contributed by atoms with Gasteiger partial charge in [-0.1, -0.05) is 36.8 Å². The molecule has 1 heteroatoms. The first-order valence-corrected chi connectivity index (χ1v) is 5.42. The fraction of sp³-hybridized carbons (Fsp3) is 0.538. The van der Waals surface area contributed by atoms with Crippen molar-refractivity contribution in [1.29, 1.82) is 0 Å². The van der Waals surface area contributed by atoms with Gasteiger partial charge >= 0.3 is 0 Å². The molecular weight excluding hydrogens is 170 g/mol. The summed E-state index contributed by atoms with van der Waals surface area (Å²) in [4.78, 5) is 0. The van der Waals surface area contributed by atoms with Crippen LogP contribution in [0.1, 0.15) is 24.5 Å². The van der Waals surface area contributed by atoms with Crippen LogP contribution in [0.5, 0.6) is 0 Å². The maximum absolute atomic E-state index is 3.19. The van der Waals surface area contributed by atoms with Gasteiger partial charge < -0.3 is 5.32 Å². The molecule has 1 aromatic rings. The van der Waals surface area contributed by atoms with E-state index in [0.717, 1.165) is 12.5 Å². The molecule has 0 saturated carbocycles. The van der Waals surface area contributed by atoms with E-state index in [1.54, 1.807) is 0 Å². The lowest BCUT2D eigenvalue weighted by atomic mass is 9.97. The number of rotatable bonds is 5. The van der Waals surface area contributed by atoms with Gasteiger partial charge in [-0.25, -0.2) is 0 Å². The summed E-state index contributed by atoms with van der Waals surface area (Å²) in [5, 5.41) is 3.19. The Balaban J connectivity index is 2.39. The Morgan fingerprint density at radius 1 is 1.21 bits per heavy atom. The fourth-order valence-electron chi connectivity index (χ4n) is 1.62. The third-order valence-electron chi connectivity index (χ3n) is 2.59. The summed E-state index contributed by atoms with van der Waals surface area (Å²) in [6.07, 6.45) is 2.45. The second-order valence-electron chi connectivity index (χ2n) is 4.19. The maximum Gasteiger partial charge on any atom is -0.00493 e. The summed E-state index contributed by atoms with van der Waals surface area (Å²) in [5.41, 5.74) is 2.80. The van der Waals surface area contributed by atoms with Crippen LogP contribution in [0.4, 0.5) is 0 Å². The van der Waals surface area contributed by atoms with Gasteiger partial charge in [0.1, 0.15) is 0 Å². The first-order valence-electron chi connectivity index (χ1n) is 5.42. The summed E-state index contributed by atoms with van der Waals surface area (Å²) in [5.74, 6) is 0.769. The third-order valence-corrected chi connectivity index (χ3v) is 2.59. The molecule has 0 bridgehead atoms. The van der Waals surface area contributed by atoms with Crippen molar-refractivity contribution in [3.8, 4) is 0 Å². The lowest BCUT2D eigenvalue weighted by Crippen LogP contribution is -2.12. The topological polar surface area (TPSA) is 12.0 Å². The predicted octanol–water partition coefficient (Wildman–Crippen LogP) is 2.78. The van der Waals surface area contributed by atoms with Gasteiger partial charge in [0.25, 0.3) is 0 Å². The molecule has 0 amide bonds. The van der Waals surface area contributed by atoms with Crippen molar-refractivity contribution in [3.63, 3.8) is 0 Å². The van der Waals surface area contributed by atoms with E-state index in [2.05, 4.69) is 43.4 Å². The van der Waals surface area contributed by atoms with Crippen molar-refractivity contribution in [2.45, 2.75) is 26.7 Å². The average molecular weight is 191 g/mol. The molecule has 0 aliphatic heterocycles. The Kier molecular flexibility index (Phi) is 4.68. The number of benzene rings is 1. The van der Waals surface area contributed by atoms with Crippen LogP contribution >= 0.6 is 0 Å². The van der Waals surface area contributed by atoms with Gasteiger partial charge in [0, 0.05) is 0 Å². The zero-order valence-electron chi connectivity index (χ0n) is 9.51. The number of hydrogen-bond acceptors (Lipinski definition) is 1. The van der Waals surface area contributed by atoms with Crippen LogP contribution < -0.4 is 5.32 Å². The molecule has 14 heavy (non-hydrogen) atoms. The van der Waals surface area contributed by atoms with Gasteiger partial charge in [0.2, 0.25) is 0 Å². The van der Waals surface area contributed by atoms with Crippen LogP contribution in [0, 0.1) is 12.8 Å². The van der Waals surface area contributed by atoms with Crippen molar-refractivity contribution in [2.75, 3.05) is 13.6 Å². The number of hydrogen-bond donors (Lipinski definition) is 1. The quantitative estimate of drug-likeness (QED) is 0.754. The Morgan fingerprint density at radius 3 is 2.43 bits per heavy atom. The Hall–Kier alpha value is -0.820. The molecule has 0 heterocycles. The first kappa shape index (κ1) is 11.3. The van der Waals surface area contributed by atoms with E-state index in [-0.39, 0.29) is 0 Å². The van der Waals surface area contributed by atoms with Gasteiger partial charge in [-0.2, -0.15) is 0 Å². The minimum absolute atomic E-state index is 0.769. The summed E-state index contributed by atoms with van der Waals surface area (Å²) in [6, 6.07) is 8.87. The van der Waals surface area contributed by atoms with Crippen LogP contribution in [0.25, 0.3) is 0 Å². The molecule has 1 aromatic carbocycles. The van der Waals surface area contributed by atoms with E-state index in [4.69, 9.17) is 0 Å². The minimum atomic E-state index is 0.769. The van der Waals surface area contributed by atoms with Crippen LogP contribution in [0.15, 0.2) is 24.3 Å². The van der Waals surface area contributed by atoms with Gasteiger partial charge in [-0.15, -0.1) is 0 Å². The van der Waals surface area contributed by atoms with Gasteiger partial charge in [-0.3, -0.25) is 0 Å². The molecule has 78 valence electrons. The van der Waals surface area contributed by atoms with Gasteiger partial charge in [0.05, 0.1) is 0 Å². The van der Waals surface area contributed by atoms with E-state index in [1.807, 2.05) is 7.05 Å². The Bertz CT molecular complexity index is 250. The second-order valence-corrected chi connectivity index (χ2v) is 4.19. The Labute approximate surface area is 87.5 Å². The van der Waals surface area contributed by atoms with Gasteiger partial charge in [-0.05, 0) is 44.8 Å². The third kappa shape index (κ3) is 3.93. The SMILES string of the molecule is CNCCC(C)Cc1ccc(C)cc1. The molecule has 0 saturated heterocycles. The molecule has 0 aliphatic carbocycles. The smallest absolute Gasteiger partial charge is 0.00493 e. The molecule has 0 aromatic heterocycles. The molecule has 1 N–H and O–H groups in total. The second kappa shape index (κ2) is 5.82. The maximum atomic E-state index is 3.19. The van der Waals surface area contributed by atoms with Crippen LogP contribution in [0.3, 0.4) is 0 Å². The average Bonchev–Trinajstić information content (AvgIpc) is 2.18. The summed E-state index contributed by atoms with van der Waals surface area (Å²) < 4.78 is 0. The van der Waals surface area contributed by atoms with E-state index in [1.165, 1.54) is 24.0 Å². The van der Waals surface area contributed by atoms with Crippen molar-refractivity contribution < 1.29 is 0 Å². The fourth-order valence-corrected chi connectivity index (χ4v) is 1.62. The van der Waals surface area contributed by atoms with Crippen LogP contribution in [-0.2, 0) is 6.42 Å². The van der Waals surface area contributed by atoms with Crippen molar-refractivity contribution in [1.82, 2.24) is 5.32 Å². The van der Waals surface area contributed by atoms with Crippen molar-refractivity contribution >= 4 is 0 Å². The van der Waals surface area contributed by atoms with Crippen molar-refractivity contribution in [3.05, 3.63) is 35.4 Å². The summed E-state index contributed by atoms with van der Waals surface area (Å²) in [7, 11) is 2.01. The molecule has 0 radical (unpaired) electrons. The standard InChI is InChI=1S/C13H21N/c1-11-4-6-13(7-5-11)10-12(2)8-9-14-3/h4-7,12,14H,8-10H2,1-3H3. The monoisotopic (exact) mass is 191 g/mol. The number of aryl methyl sites for hydroxylation is 1. The molecule has 1 atom stereocenters. The molecule has 1 unspecified atom stereocenters. The largest absolute Gasteiger partial charge is 0.320 e. The van der Waals surface area contributed by atoms with E-state index < -0.39 is 0 Å². The highest BCUT2D eigenvalue weighted by Gasteiger charge is 2.02. The molecule has 0 spiro atoms. The zero-order valence-corrected chi connectivity index (χ0v) is 9.51. The summed E-state index contributed by atoms with van der Waals surface area (Å²) in [6.45, 7) is 5.57. The van der Waals surface area contributed by atoms with E-state index in [9.17, 15) is 0 Å². The Morgan fingerprint density at radius 2 is 1.86 bits per heavy atom. The molecule has 0 fully saturated rings. The predicted molar refractivity (Wildman–Crippen MR) is 62.6 cm³/mol. The highest BCUT2D eigenvalue weighted by molar-refractivity contribution is 5.21. The highest BCUT2D eigenvalue weighted by Crippen LogP contribution is 2.11. The van der Waals surface area contributed by atoms with Crippen LogP contribution in [-0.4, -0.2) is 13.6 Å². The normalized spacial score (nSPS) is 12.8. The lowest BCUT2D eigenvalue weighted by Gasteiger charge is -2.10. The summed E-state index contributed by atoms with van der Waals surface area (Å²) >= 11 is 0. The van der Waals surface area contributed by atoms with Crippen molar-refractivity contribution in [2.24, 2.45) is 5.92 Å². The lowest BCUT2D eigenvalue weighted by molar-refractivity contribution is 0.515. The van der Waals surface area contributed by atoms with E-state index in [0.29, 0.717) is 0 Å². The van der Waals surface area contributed by atoms with Crippen LogP contribution in [0.2, 0.25) is 0 Å². The molecule has 1 rings (SSSR count). The molecule has 1 nitrogen and oxygen atoms in total. The van der Waals surface area contributed by atoms with E-state index >= 15 is 0 Å². The first-order chi connectivity index (χ1) is 6.72. The number of nitrogens with one attached hydrogen (secondary N) is 1. The highest BCUT2D eigenvalue weighted by atomic mass is 14.8. The zero-order chi connectivity index (χ0) is 10.4. The molecule has 0 aliphatic rings. The van der Waals surface area contributed by atoms with Gasteiger partial charge in [0.15, 0.2) is 0 Å².